The third-order valence-corrected chi connectivity index (χ3v) is 4.01. The van der Waals surface area contributed by atoms with Crippen LogP contribution in [0.4, 0.5) is 0 Å². The van der Waals surface area contributed by atoms with E-state index in [2.05, 4.69) is 26.6 Å². The summed E-state index contributed by atoms with van der Waals surface area (Å²) in [6, 6.07) is 4.15. The summed E-state index contributed by atoms with van der Waals surface area (Å²) >= 11 is 7.80. The van der Waals surface area contributed by atoms with E-state index >= 15 is 0 Å². The molecule has 0 bridgehead atoms. The highest BCUT2D eigenvalue weighted by atomic mass is 35.5. The molecule has 0 radical (unpaired) electrons. The Morgan fingerprint density at radius 2 is 2.29 bits per heavy atom. The molecule has 3 rings (SSSR count). The van der Waals surface area contributed by atoms with Gasteiger partial charge in [0.05, 0.1) is 12.2 Å². The largest absolute Gasteiger partial charge is 0.284 e. The van der Waals surface area contributed by atoms with Gasteiger partial charge >= 0.3 is 0 Å². The van der Waals surface area contributed by atoms with Crippen molar-refractivity contribution in [3.05, 3.63) is 44.4 Å². The van der Waals surface area contributed by atoms with Crippen molar-refractivity contribution in [3.8, 4) is 0 Å². The predicted octanol–water partition coefficient (Wildman–Crippen LogP) is 3.10. The molecule has 1 aliphatic heterocycles. The van der Waals surface area contributed by atoms with Crippen LogP contribution in [-0.4, -0.2) is 15.9 Å². The van der Waals surface area contributed by atoms with Gasteiger partial charge in [0.25, 0.3) is 0 Å². The number of thiophene rings is 1. The minimum atomic E-state index is 0.466. The first kappa shape index (κ1) is 10.9. The van der Waals surface area contributed by atoms with Crippen LogP contribution in [0.2, 0.25) is 5.15 Å². The maximum absolute atomic E-state index is 6.07. The molecule has 2 aromatic rings. The van der Waals surface area contributed by atoms with Crippen molar-refractivity contribution in [2.24, 2.45) is 4.99 Å². The van der Waals surface area contributed by atoms with Gasteiger partial charge in [-0.15, -0.1) is 16.4 Å². The maximum Gasteiger partial charge on any atom is 0.161 e. The van der Waals surface area contributed by atoms with Crippen LogP contribution in [0.15, 0.2) is 22.5 Å². The number of hydrogen-bond donors (Lipinski definition) is 0. The molecule has 0 saturated heterocycles. The van der Waals surface area contributed by atoms with Crippen molar-refractivity contribution < 1.29 is 0 Å². The van der Waals surface area contributed by atoms with Gasteiger partial charge in [-0.3, -0.25) is 4.99 Å². The van der Waals surface area contributed by atoms with Crippen molar-refractivity contribution >= 4 is 28.6 Å². The van der Waals surface area contributed by atoms with E-state index in [9.17, 15) is 0 Å². The maximum atomic E-state index is 6.07. The van der Waals surface area contributed by atoms with Gasteiger partial charge in [-0.25, -0.2) is 0 Å². The summed E-state index contributed by atoms with van der Waals surface area (Å²) in [5, 5.41) is 10.8. The fourth-order valence-electron chi connectivity index (χ4n) is 2.02. The number of nitrogens with zero attached hydrogens (tertiary/aromatic N) is 3. The molecule has 0 unspecified atom stereocenters. The van der Waals surface area contributed by atoms with E-state index in [1.165, 1.54) is 4.88 Å². The zero-order valence-corrected chi connectivity index (χ0v) is 10.8. The van der Waals surface area contributed by atoms with Gasteiger partial charge in [0.2, 0.25) is 0 Å². The zero-order valence-electron chi connectivity index (χ0n) is 9.27. The summed E-state index contributed by atoms with van der Waals surface area (Å²) < 4.78 is 0. The van der Waals surface area contributed by atoms with Crippen molar-refractivity contribution in [1.29, 1.82) is 0 Å². The molecule has 17 heavy (non-hydrogen) atoms. The van der Waals surface area contributed by atoms with Crippen LogP contribution >= 0.6 is 22.9 Å². The van der Waals surface area contributed by atoms with Crippen LogP contribution in [0.1, 0.15) is 28.6 Å². The van der Waals surface area contributed by atoms with E-state index in [0.717, 1.165) is 29.0 Å². The first-order valence-electron chi connectivity index (χ1n) is 5.33. The number of rotatable bonds is 2. The second-order valence-electron chi connectivity index (χ2n) is 3.95. The molecule has 0 aliphatic carbocycles. The number of hydrogen-bond acceptors (Lipinski definition) is 4. The van der Waals surface area contributed by atoms with E-state index in [1.54, 1.807) is 11.3 Å². The SMILES string of the molecule is CC1=NCc2c(Cc3cccs3)nnc(Cl)c21. The molecule has 0 amide bonds. The lowest BCUT2D eigenvalue weighted by atomic mass is 10.1. The van der Waals surface area contributed by atoms with Gasteiger partial charge in [0, 0.05) is 28.1 Å². The normalized spacial score (nSPS) is 13.6. The average Bonchev–Trinajstić information content (AvgIpc) is 2.93. The molecule has 86 valence electrons. The molecular formula is C12H10ClN3S. The van der Waals surface area contributed by atoms with E-state index < -0.39 is 0 Å². The zero-order chi connectivity index (χ0) is 11.8. The molecule has 2 aromatic heterocycles. The molecule has 3 nitrogen and oxygen atoms in total. The van der Waals surface area contributed by atoms with Gasteiger partial charge < -0.3 is 0 Å². The number of aromatic nitrogens is 2. The summed E-state index contributed by atoms with van der Waals surface area (Å²) in [7, 11) is 0. The molecule has 0 N–H and O–H groups in total. The lowest BCUT2D eigenvalue weighted by Gasteiger charge is -2.06. The van der Waals surface area contributed by atoms with Gasteiger partial charge in [-0.05, 0) is 18.4 Å². The highest BCUT2D eigenvalue weighted by Crippen LogP contribution is 2.28. The Kier molecular flexibility index (Phi) is 2.68. The van der Waals surface area contributed by atoms with Crippen LogP contribution < -0.4 is 0 Å². The second-order valence-corrected chi connectivity index (χ2v) is 5.34. The number of fused-ring (bicyclic) bond motifs is 1. The van der Waals surface area contributed by atoms with E-state index in [0.29, 0.717) is 11.7 Å². The van der Waals surface area contributed by atoms with Crippen LogP contribution in [0, 0.1) is 0 Å². The Labute approximate surface area is 108 Å². The monoisotopic (exact) mass is 263 g/mol. The van der Waals surface area contributed by atoms with E-state index in [-0.39, 0.29) is 0 Å². The molecule has 0 spiro atoms. The summed E-state index contributed by atoms with van der Waals surface area (Å²) in [6.45, 7) is 2.64. The standard InChI is InChI=1S/C12H10ClN3S/c1-7-11-9(6-14-7)10(15-16-12(11)13)5-8-3-2-4-17-8/h2-4H,5-6H2,1H3. The first-order chi connectivity index (χ1) is 8.25. The molecular weight excluding hydrogens is 254 g/mol. The average molecular weight is 264 g/mol. The molecule has 5 heteroatoms. The Bertz CT molecular complexity index is 590. The Hall–Kier alpha value is -1.26. The first-order valence-corrected chi connectivity index (χ1v) is 6.59. The topological polar surface area (TPSA) is 38.1 Å². The quantitative estimate of drug-likeness (QED) is 0.835. The lowest BCUT2D eigenvalue weighted by Crippen LogP contribution is -2.04. The second kappa shape index (κ2) is 4.20. The highest BCUT2D eigenvalue weighted by molar-refractivity contribution is 7.09. The van der Waals surface area contributed by atoms with Crippen molar-refractivity contribution in [1.82, 2.24) is 10.2 Å². The van der Waals surface area contributed by atoms with Gasteiger partial charge in [-0.2, -0.15) is 5.10 Å². The van der Waals surface area contributed by atoms with Crippen LogP contribution in [0.5, 0.6) is 0 Å². The summed E-state index contributed by atoms with van der Waals surface area (Å²) in [5.41, 5.74) is 4.07. The molecule has 0 aromatic carbocycles. The van der Waals surface area contributed by atoms with Crippen LogP contribution in [-0.2, 0) is 13.0 Å². The Balaban J connectivity index is 2.03. The summed E-state index contributed by atoms with van der Waals surface area (Å²) in [5.74, 6) is 0. The lowest BCUT2D eigenvalue weighted by molar-refractivity contribution is 0.900. The fourth-order valence-corrected chi connectivity index (χ4v) is 3.02. The van der Waals surface area contributed by atoms with Crippen molar-refractivity contribution in [2.45, 2.75) is 19.9 Å². The highest BCUT2D eigenvalue weighted by Gasteiger charge is 2.21. The number of halogens is 1. The van der Waals surface area contributed by atoms with Gasteiger partial charge in [-0.1, -0.05) is 17.7 Å². The van der Waals surface area contributed by atoms with Crippen LogP contribution in [0.3, 0.4) is 0 Å². The minimum Gasteiger partial charge on any atom is -0.284 e. The van der Waals surface area contributed by atoms with Crippen LogP contribution in [0.25, 0.3) is 0 Å². The minimum absolute atomic E-state index is 0.466. The fraction of sp³-hybridized carbons (Fsp3) is 0.250. The summed E-state index contributed by atoms with van der Waals surface area (Å²) in [6.07, 6.45) is 0.812. The molecule has 1 aliphatic rings. The van der Waals surface area contributed by atoms with Crippen molar-refractivity contribution in [3.63, 3.8) is 0 Å². The smallest absolute Gasteiger partial charge is 0.161 e. The third kappa shape index (κ3) is 1.87. The summed E-state index contributed by atoms with van der Waals surface area (Å²) in [4.78, 5) is 5.70. The Morgan fingerprint density at radius 1 is 1.41 bits per heavy atom. The van der Waals surface area contributed by atoms with Gasteiger partial charge in [0.15, 0.2) is 5.15 Å². The van der Waals surface area contributed by atoms with E-state index in [4.69, 9.17) is 11.6 Å². The molecule has 0 saturated carbocycles. The number of aliphatic imine (C=N–C) groups is 1. The predicted molar refractivity (Wildman–Crippen MR) is 70.1 cm³/mol. The van der Waals surface area contributed by atoms with Gasteiger partial charge in [0.1, 0.15) is 0 Å². The third-order valence-electron chi connectivity index (χ3n) is 2.87. The molecule has 3 heterocycles. The van der Waals surface area contributed by atoms with Crippen molar-refractivity contribution in [2.75, 3.05) is 0 Å². The molecule has 0 atom stereocenters. The Morgan fingerprint density at radius 3 is 3.06 bits per heavy atom. The molecule has 0 fully saturated rings. The van der Waals surface area contributed by atoms with E-state index in [1.807, 2.05) is 13.0 Å².